The molecule has 0 fully saturated rings. The fourth-order valence-electron chi connectivity index (χ4n) is 2.69. The van der Waals surface area contributed by atoms with Crippen molar-refractivity contribution in [2.45, 2.75) is 24.4 Å². The minimum absolute atomic E-state index is 0.797. The van der Waals surface area contributed by atoms with Gasteiger partial charge in [0.1, 0.15) is 10.6 Å². The van der Waals surface area contributed by atoms with Crippen LogP contribution in [0, 0.1) is 0 Å². The molecule has 7 heteroatoms. The third kappa shape index (κ3) is 3.40. The largest absolute Gasteiger partial charge is 0.302 e. The Labute approximate surface area is 160 Å². The van der Waals surface area contributed by atoms with Crippen LogP contribution in [0.3, 0.4) is 0 Å². The van der Waals surface area contributed by atoms with E-state index in [1.165, 1.54) is 17.1 Å². The molecule has 0 unspecified atom stereocenters. The molecule has 0 N–H and O–H groups in total. The van der Waals surface area contributed by atoms with Crippen molar-refractivity contribution in [3.8, 4) is 22.0 Å². The van der Waals surface area contributed by atoms with Crippen LogP contribution < -0.4 is 0 Å². The van der Waals surface area contributed by atoms with Gasteiger partial charge in [0.25, 0.3) is 0 Å². The molecule has 0 atom stereocenters. The lowest BCUT2D eigenvalue weighted by Crippen LogP contribution is -2.00. The van der Waals surface area contributed by atoms with Crippen molar-refractivity contribution in [2.75, 3.05) is 0 Å². The van der Waals surface area contributed by atoms with Gasteiger partial charge >= 0.3 is 0 Å². The Kier molecular flexibility index (Phi) is 5.08. The van der Waals surface area contributed by atoms with E-state index >= 15 is 0 Å². The normalized spacial score (nSPS) is 11.0. The molecule has 0 radical (unpaired) electrons. The van der Waals surface area contributed by atoms with Crippen molar-refractivity contribution in [1.82, 2.24) is 24.4 Å². The van der Waals surface area contributed by atoms with Gasteiger partial charge in [-0.2, -0.15) is 0 Å². The molecule has 0 saturated carbocycles. The van der Waals surface area contributed by atoms with Gasteiger partial charge in [0.05, 0.1) is 0 Å². The molecule has 26 heavy (non-hydrogen) atoms. The molecular weight excluding hydrogens is 362 g/mol. The summed E-state index contributed by atoms with van der Waals surface area (Å²) >= 11 is 3.06. The van der Waals surface area contributed by atoms with Gasteiger partial charge in [-0.25, -0.2) is 0 Å². The number of hydrogen-bond acceptors (Lipinski definition) is 6. The third-order valence-corrected chi connectivity index (χ3v) is 5.74. The van der Waals surface area contributed by atoms with E-state index in [-0.39, 0.29) is 0 Å². The van der Waals surface area contributed by atoms with E-state index in [1.807, 2.05) is 36.4 Å². The van der Waals surface area contributed by atoms with E-state index in [1.54, 1.807) is 11.8 Å². The standard InChI is InChI=1S/C19H17N5S2/c1-2-24-18(17-16(20-23-26-17)15-11-7-4-8-12-15)21-22-19(24)25-13-14-9-5-3-6-10-14/h3-12H,2,13H2,1H3. The van der Waals surface area contributed by atoms with Crippen LogP contribution in [0.15, 0.2) is 65.8 Å². The molecule has 0 amide bonds. The number of nitrogens with zero attached hydrogens (tertiary/aromatic N) is 5. The Morgan fingerprint density at radius 2 is 1.65 bits per heavy atom. The van der Waals surface area contributed by atoms with E-state index in [2.05, 4.69) is 55.5 Å². The quantitative estimate of drug-likeness (QED) is 0.451. The maximum atomic E-state index is 4.45. The van der Waals surface area contributed by atoms with E-state index in [9.17, 15) is 0 Å². The molecule has 5 nitrogen and oxygen atoms in total. The molecule has 2 aromatic heterocycles. The Bertz CT molecular complexity index is 980. The summed E-state index contributed by atoms with van der Waals surface area (Å²) in [5, 5.41) is 14.1. The topological polar surface area (TPSA) is 56.5 Å². The molecule has 2 heterocycles. The number of benzene rings is 2. The first-order valence-corrected chi connectivity index (χ1v) is 10.1. The molecular formula is C19H17N5S2. The van der Waals surface area contributed by atoms with Crippen LogP contribution in [-0.4, -0.2) is 24.4 Å². The molecule has 4 aromatic rings. The maximum Gasteiger partial charge on any atom is 0.191 e. The van der Waals surface area contributed by atoms with Gasteiger partial charge in [0.2, 0.25) is 0 Å². The summed E-state index contributed by atoms with van der Waals surface area (Å²) < 4.78 is 6.29. The lowest BCUT2D eigenvalue weighted by Gasteiger charge is -2.07. The van der Waals surface area contributed by atoms with Gasteiger partial charge in [0, 0.05) is 17.9 Å². The van der Waals surface area contributed by atoms with Crippen LogP contribution in [0.2, 0.25) is 0 Å². The summed E-state index contributed by atoms with van der Waals surface area (Å²) in [4.78, 5) is 0.956. The smallest absolute Gasteiger partial charge is 0.191 e. The van der Waals surface area contributed by atoms with Crippen LogP contribution >= 0.6 is 23.3 Å². The Balaban J connectivity index is 1.65. The Morgan fingerprint density at radius 1 is 0.923 bits per heavy atom. The molecule has 0 spiro atoms. The third-order valence-electron chi connectivity index (χ3n) is 3.98. The summed E-state index contributed by atoms with van der Waals surface area (Å²) in [7, 11) is 0. The van der Waals surface area contributed by atoms with E-state index in [0.29, 0.717) is 0 Å². The number of thioether (sulfide) groups is 1. The zero-order valence-corrected chi connectivity index (χ0v) is 15.9. The highest BCUT2D eigenvalue weighted by atomic mass is 32.2. The summed E-state index contributed by atoms with van der Waals surface area (Å²) in [6.07, 6.45) is 0. The maximum absolute atomic E-state index is 4.45. The summed E-state index contributed by atoms with van der Waals surface area (Å²) in [5.74, 6) is 1.70. The van der Waals surface area contributed by atoms with Crippen molar-refractivity contribution in [3.63, 3.8) is 0 Å². The number of aromatic nitrogens is 5. The van der Waals surface area contributed by atoms with E-state index < -0.39 is 0 Å². The van der Waals surface area contributed by atoms with E-state index in [0.717, 1.165) is 39.4 Å². The second-order valence-electron chi connectivity index (χ2n) is 5.64. The predicted molar refractivity (Wildman–Crippen MR) is 106 cm³/mol. The number of hydrogen-bond donors (Lipinski definition) is 0. The highest BCUT2D eigenvalue weighted by Crippen LogP contribution is 2.34. The highest BCUT2D eigenvalue weighted by molar-refractivity contribution is 7.98. The first-order chi connectivity index (χ1) is 12.9. The van der Waals surface area contributed by atoms with Gasteiger partial charge in [0.15, 0.2) is 11.0 Å². The van der Waals surface area contributed by atoms with Crippen molar-refractivity contribution in [3.05, 3.63) is 66.2 Å². The fourth-order valence-corrected chi connectivity index (χ4v) is 4.33. The monoisotopic (exact) mass is 379 g/mol. The second-order valence-corrected chi connectivity index (χ2v) is 7.34. The molecule has 0 saturated heterocycles. The van der Waals surface area contributed by atoms with Gasteiger partial charge < -0.3 is 4.57 Å². The molecule has 130 valence electrons. The van der Waals surface area contributed by atoms with Gasteiger partial charge in [-0.3, -0.25) is 0 Å². The summed E-state index contributed by atoms with van der Waals surface area (Å²) in [6, 6.07) is 20.5. The zero-order valence-electron chi connectivity index (χ0n) is 14.2. The predicted octanol–water partition coefficient (Wildman–Crippen LogP) is 4.78. The van der Waals surface area contributed by atoms with Crippen LogP contribution in [0.4, 0.5) is 0 Å². The van der Waals surface area contributed by atoms with Gasteiger partial charge in [-0.15, -0.1) is 15.3 Å². The molecule has 2 aromatic carbocycles. The van der Waals surface area contributed by atoms with E-state index in [4.69, 9.17) is 0 Å². The summed E-state index contributed by atoms with van der Waals surface area (Å²) in [5.41, 5.74) is 3.17. The number of rotatable bonds is 6. The Morgan fingerprint density at radius 3 is 2.38 bits per heavy atom. The van der Waals surface area contributed by atoms with Crippen LogP contribution in [0.1, 0.15) is 12.5 Å². The summed E-state index contributed by atoms with van der Waals surface area (Å²) in [6.45, 7) is 2.90. The van der Waals surface area contributed by atoms with Crippen molar-refractivity contribution >= 4 is 23.3 Å². The van der Waals surface area contributed by atoms with Crippen LogP contribution in [-0.2, 0) is 12.3 Å². The molecule has 0 bridgehead atoms. The lowest BCUT2D eigenvalue weighted by molar-refractivity contribution is 0.688. The zero-order chi connectivity index (χ0) is 17.8. The van der Waals surface area contributed by atoms with Crippen LogP contribution in [0.25, 0.3) is 22.0 Å². The van der Waals surface area contributed by atoms with Gasteiger partial charge in [-0.05, 0) is 24.0 Å². The first-order valence-electron chi connectivity index (χ1n) is 8.35. The minimum Gasteiger partial charge on any atom is -0.302 e. The van der Waals surface area contributed by atoms with Crippen molar-refractivity contribution < 1.29 is 0 Å². The van der Waals surface area contributed by atoms with Crippen molar-refractivity contribution in [1.29, 1.82) is 0 Å². The SMILES string of the molecule is CCn1c(SCc2ccccc2)nnc1-c1snnc1-c1ccccc1. The lowest BCUT2D eigenvalue weighted by atomic mass is 10.1. The minimum atomic E-state index is 0.797. The molecule has 4 rings (SSSR count). The Hall–Kier alpha value is -2.51. The van der Waals surface area contributed by atoms with Crippen LogP contribution in [0.5, 0.6) is 0 Å². The fraction of sp³-hybridized carbons (Fsp3) is 0.158. The highest BCUT2D eigenvalue weighted by Gasteiger charge is 2.20. The average molecular weight is 380 g/mol. The molecule has 0 aliphatic heterocycles. The first kappa shape index (κ1) is 16.9. The van der Waals surface area contributed by atoms with Crippen molar-refractivity contribution in [2.24, 2.45) is 0 Å². The van der Waals surface area contributed by atoms with Gasteiger partial charge in [-0.1, -0.05) is 76.9 Å². The second kappa shape index (κ2) is 7.80. The average Bonchev–Trinajstić information content (AvgIpc) is 3.34. The molecule has 0 aliphatic rings. The molecule has 0 aliphatic carbocycles.